The number of halogens is 1. The Morgan fingerprint density at radius 2 is 2.16 bits per heavy atom. The first-order valence-electron chi connectivity index (χ1n) is 6.19. The van der Waals surface area contributed by atoms with Crippen molar-refractivity contribution in [3.05, 3.63) is 36.2 Å². The summed E-state index contributed by atoms with van der Waals surface area (Å²) in [5.41, 5.74) is 5.27. The number of nitrogen functional groups attached to an aromatic ring is 1. The molecule has 1 aliphatic rings. The summed E-state index contributed by atoms with van der Waals surface area (Å²) in [5.74, 6) is -0.415. The number of nitrogens with one attached hydrogen (secondary N) is 1. The van der Waals surface area contributed by atoms with E-state index < -0.39 is 15.8 Å². The van der Waals surface area contributed by atoms with Gasteiger partial charge in [0.2, 0.25) is 10.0 Å². The molecule has 0 amide bonds. The van der Waals surface area contributed by atoms with Crippen LogP contribution in [0.15, 0.2) is 35.2 Å². The zero-order valence-corrected chi connectivity index (χ0v) is 11.3. The quantitative estimate of drug-likeness (QED) is 0.656. The van der Waals surface area contributed by atoms with E-state index in [1.807, 2.05) is 0 Å². The lowest BCUT2D eigenvalue weighted by Gasteiger charge is -2.18. The first kappa shape index (κ1) is 14.0. The predicted molar refractivity (Wildman–Crippen MR) is 72.5 cm³/mol. The second kappa shape index (κ2) is 5.71. The van der Waals surface area contributed by atoms with Gasteiger partial charge >= 0.3 is 0 Å². The van der Waals surface area contributed by atoms with Gasteiger partial charge in [-0.05, 0) is 43.4 Å². The summed E-state index contributed by atoms with van der Waals surface area (Å²) < 4.78 is 39.8. The van der Waals surface area contributed by atoms with E-state index >= 15 is 0 Å². The fourth-order valence-corrected chi connectivity index (χ4v) is 3.16. The van der Waals surface area contributed by atoms with Crippen molar-refractivity contribution < 1.29 is 12.8 Å². The minimum absolute atomic E-state index is 0.0589. The monoisotopic (exact) mass is 284 g/mol. The van der Waals surface area contributed by atoms with E-state index in [1.165, 1.54) is 12.1 Å². The average molecular weight is 284 g/mol. The summed E-state index contributed by atoms with van der Waals surface area (Å²) in [7, 11) is -3.67. The summed E-state index contributed by atoms with van der Waals surface area (Å²) >= 11 is 0. The van der Waals surface area contributed by atoms with E-state index in [0.29, 0.717) is 12.5 Å². The minimum Gasteiger partial charge on any atom is -0.396 e. The zero-order chi connectivity index (χ0) is 13.9. The molecule has 0 aromatic heterocycles. The van der Waals surface area contributed by atoms with E-state index in [-0.39, 0.29) is 10.6 Å². The minimum atomic E-state index is -3.67. The Kier molecular flexibility index (Phi) is 4.21. The molecule has 1 unspecified atom stereocenters. The van der Waals surface area contributed by atoms with Gasteiger partial charge in [0, 0.05) is 6.54 Å². The van der Waals surface area contributed by atoms with Gasteiger partial charge in [-0.15, -0.1) is 0 Å². The van der Waals surface area contributed by atoms with Crippen molar-refractivity contribution in [1.82, 2.24) is 4.72 Å². The molecule has 4 nitrogen and oxygen atoms in total. The third-order valence-corrected chi connectivity index (χ3v) is 4.64. The van der Waals surface area contributed by atoms with Crippen molar-refractivity contribution in [2.24, 2.45) is 5.92 Å². The van der Waals surface area contributed by atoms with Gasteiger partial charge in [0.1, 0.15) is 5.82 Å². The van der Waals surface area contributed by atoms with Crippen LogP contribution in [0.3, 0.4) is 0 Å². The van der Waals surface area contributed by atoms with Crippen molar-refractivity contribution in [2.45, 2.75) is 24.2 Å². The summed E-state index contributed by atoms with van der Waals surface area (Å²) in [6, 6.07) is 3.51. The molecule has 0 aliphatic heterocycles. The highest BCUT2D eigenvalue weighted by atomic mass is 32.2. The normalized spacial score (nSPS) is 19.5. The molecule has 19 heavy (non-hydrogen) atoms. The standard InChI is InChI=1S/C13H17FN2O2S/c14-12-8-11(6-7-13(12)15)19(17,18)16-9-10-4-2-1-3-5-10/h1-2,6-8,10,16H,3-5,9,15H2. The number of hydrogen-bond donors (Lipinski definition) is 2. The van der Waals surface area contributed by atoms with Gasteiger partial charge in [0.05, 0.1) is 10.6 Å². The van der Waals surface area contributed by atoms with E-state index in [9.17, 15) is 12.8 Å². The van der Waals surface area contributed by atoms with Crippen molar-refractivity contribution >= 4 is 15.7 Å². The fraction of sp³-hybridized carbons (Fsp3) is 0.385. The summed E-state index contributed by atoms with van der Waals surface area (Å²) in [6.45, 7) is 0.374. The molecule has 6 heteroatoms. The SMILES string of the molecule is Nc1ccc(S(=O)(=O)NCC2CC=CCC2)cc1F. The van der Waals surface area contributed by atoms with Crippen LogP contribution in [-0.4, -0.2) is 15.0 Å². The molecule has 0 heterocycles. The van der Waals surface area contributed by atoms with Crippen molar-refractivity contribution in [3.8, 4) is 0 Å². The molecule has 0 fully saturated rings. The van der Waals surface area contributed by atoms with Gasteiger partial charge in [-0.3, -0.25) is 0 Å². The number of sulfonamides is 1. The Hall–Kier alpha value is -1.40. The van der Waals surface area contributed by atoms with Crippen LogP contribution < -0.4 is 10.5 Å². The number of nitrogens with two attached hydrogens (primary N) is 1. The van der Waals surface area contributed by atoms with Crippen molar-refractivity contribution in [1.29, 1.82) is 0 Å². The first-order chi connectivity index (χ1) is 8.99. The lowest BCUT2D eigenvalue weighted by Crippen LogP contribution is -2.29. The topological polar surface area (TPSA) is 72.2 Å². The third-order valence-electron chi connectivity index (χ3n) is 3.22. The Morgan fingerprint density at radius 1 is 1.37 bits per heavy atom. The number of benzene rings is 1. The molecular formula is C13H17FN2O2S. The van der Waals surface area contributed by atoms with Crippen LogP contribution in [0.5, 0.6) is 0 Å². The maximum absolute atomic E-state index is 13.3. The molecule has 0 bridgehead atoms. The highest BCUT2D eigenvalue weighted by Crippen LogP contribution is 2.19. The van der Waals surface area contributed by atoms with Gasteiger partial charge in [-0.2, -0.15) is 0 Å². The highest BCUT2D eigenvalue weighted by molar-refractivity contribution is 7.89. The number of rotatable bonds is 4. The Bertz CT molecular complexity index is 584. The van der Waals surface area contributed by atoms with Crippen LogP contribution in [0.4, 0.5) is 10.1 Å². The van der Waals surface area contributed by atoms with Crippen LogP contribution in [0.2, 0.25) is 0 Å². The molecule has 0 spiro atoms. The molecule has 1 aromatic carbocycles. The average Bonchev–Trinajstić information content (AvgIpc) is 2.41. The second-order valence-corrected chi connectivity index (χ2v) is 6.45. The molecule has 0 saturated carbocycles. The molecule has 2 rings (SSSR count). The molecule has 0 saturated heterocycles. The van der Waals surface area contributed by atoms with Gasteiger partial charge in [-0.25, -0.2) is 17.5 Å². The Labute approximate surface area is 112 Å². The molecule has 3 N–H and O–H groups in total. The van der Waals surface area contributed by atoms with Gasteiger partial charge in [0.15, 0.2) is 0 Å². The first-order valence-corrected chi connectivity index (χ1v) is 7.67. The number of allylic oxidation sites excluding steroid dienone is 2. The highest BCUT2D eigenvalue weighted by Gasteiger charge is 2.18. The Balaban J connectivity index is 2.05. The third kappa shape index (κ3) is 3.54. The maximum atomic E-state index is 13.3. The lowest BCUT2D eigenvalue weighted by atomic mass is 9.95. The molecule has 104 valence electrons. The predicted octanol–water partition coefficient (Wildman–Crippen LogP) is 2.04. The Morgan fingerprint density at radius 3 is 2.79 bits per heavy atom. The van der Waals surface area contributed by atoms with Crippen molar-refractivity contribution in [3.63, 3.8) is 0 Å². The molecule has 0 radical (unpaired) electrons. The van der Waals surface area contributed by atoms with Gasteiger partial charge in [0.25, 0.3) is 0 Å². The van der Waals surface area contributed by atoms with Gasteiger partial charge in [-0.1, -0.05) is 12.2 Å². The molecule has 1 atom stereocenters. The largest absolute Gasteiger partial charge is 0.396 e. The lowest BCUT2D eigenvalue weighted by molar-refractivity contribution is 0.468. The summed E-state index contributed by atoms with van der Waals surface area (Å²) in [6.07, 6.45) is 6.97. The summed E-state index contributed by atoms with van der Waals surface area (Å²) in [4.78, 5) is -0.0921. The molecular weight excluding hydrogens is 267 g/mol. The number of anilines is 1. The van der Waals surface area contributed by atoms with Crippen LogP contribution in [0.25, 0.3) is 0 Å². The zero-order valence-electron chi connectivity index (χ0n) is 10.5. The van der Waals surface area contributed by atoms with Crippen LogP contribution >= 0.6 is 0 Å². The van der Waals surface area contributed by atoms with E-state index in [0.717, 1.165) is 25.3 Å². The maximum Gasteiger partial charge on any atom is 0.240 e. The second-order valence-electron chi connectivity index (χ2n) is 4.69. The summed E-state index contributed by atoms with van der Waals surface area (Å²) in [5, 5.41) is 0. The smallest absolute Gasteiger partial charge is 0.240 e. The van der Waals surface area contributed by atoms with Gasteiger partial charge < -0.3 is 5.73 Å². The van der Waals surface area contributed by atoms with Crippen LogP contribution in [0, 0.1) is 11.7 Å². The van der Waals surface area contributed by atoms with E-state index in [2.05, 4.69) is 16.9 Å². The number of hydrogen-bond acceptors (Lipinski definition) is 3. The van der Waals surface area contributed by atoms with Crippen LogP contribution in [-0.2, 0) is 10.0 Å². The van der Waals surface area contributed by atoms with Crippen molar-refractivity contribution in [2.75, 3.05) is 12.3 Å². The molecule has 1 aliphatic carbocycles. The fourth-order valence-electron chi connectivity index (χ4n) is 2.03. The van der Waals surface area contributed by atoms with E-state index in [1.54, 1.807) is 0 Å². The van der Waals surface area contributed by atoms with E-state index in [4.69, 9.17) is 5.73 Å². The molecule has 1 aromatic rings. The van der Waals surface area contributed by atoms with Crippen LogP contribution in [0.1, 0.15) is 19.3 Å².